The molecule has 0 spiro atoms. The highest BCUT2D eigenvalue weighted by Crippen LogP contribution is 2.31. The summed E-state index contributed by atoms with van der Waals surface area (Å²) in [6, 6.07) is 4.92. The lowest BCUT2D eigenvalue weighted by atomic mass is 10.1. The van der Waals surface area contributed by atoms with Gasteiger partial charge in [-0.3, -0.25) is 4.90 Å². The van der Waals surface area contributed by atoms with E-state index in [1.54, 1.807) is 0 Å². The summed E-state index contributed by atoms with van der Waals surface area (Å²) in [4.78, 5) is 7.06. The lowest BCUT2D eigenvalue weighted by Crippen LogP contribution is -2.24. The molecule has 1 fully saturated rings. The molecule has 0 saturated carbocycles. The molecule has 2 rings (SSSR count). The van der Waals surface area contributed by atoms with E-state index in [0.29, 0.717) is 6.04 Å². The minimum atomic E-state index is 0.595. The number of aromatic nitrogens is 1. The van der Waals surface area contributed by atoms with E-state index >= 15 is 0 Å². The van der Waals surface area contributed by atoms with Crippen molar-refractivity contribution in [2.75, 3.05) is 25.0 Å². The van der Waals surface area contributed by atoms with Gasteiger partial charge in [0.2, 0.25) is 0 Å². The Morgan fingerprint density at radius 2 is 2.29 bits per heavy atom. The first kappa shape index (κ1) is 12.4. The molecule has 94 valence electrons. The highest BCUT2D eigenvalue weighted by atomic mass is 15.2. The van der Waals surface area contributed by atoms with Gasteiger partial charge in [-0.15, -0.1) is 0 Å². The Bertz CT molecular complexity index is 334. The van der Waals surface area contributed by atoms with Crippen LogP contribution in [0.15, 0.2) is 18.3 Å². The van der Waals surface area contributed by atoms with Crippen LogP contribution in [0.4, 0.5) is 5.82 Å². The molecule has 0 amide bonds. The average molecular weight is 233 g/mol. The highest BCUT2D eigenvalue weighted by Gasteiger charge is 2.25. The molecule has 3 nitrogen and oxygen atoms in total. The molecule has 2 heterocycles. The van der Waals surface area contributed by atoms with Gasteiger partial charge in [-0.1, -0.05) is 13.0 Å². The number of anilines is 1. The van der Waals surface area contributed by atoms with E-state index in [1.807, 2.05) is 6.20 Å². The van der Waals surface area contributed by atoms with E-state index in [9.17, 15) is 0 Å². The summed E-state index contributed by atoms with van der Waals surface area (Å²) in [6.07, 6.45) is 5.87. The zero-order chi connectivity index (χ0) is 12.1. The average Bonchev–Trinajstić information content (AvgIpc) is 2.79. The predicted octanol–water partition coefficient (Wildman–Crippen LogP) is 3.06. The maximum atomic E-state index is 4.47. The Balaban J connectivity index is 2.05. The molecule has 1 atom stereocenters. The van der Waals surface area contributed by atoms with Crippen LogP contribution in [-0.2, 0) is 0 Å². The molecular formula is C14H23N3. The maximum absolute atomic E-state index is 4.47. The summed E-state index contributed by atoms with van der Waals surface area (Å²) in [5.41, 5.74) is 1.37. The van der Waals surface area contributed by atoms with Crippen LogP contribution in [-0.4, -0.2) is 29.5 Å². The molecule has 0 unspecified atom stereocenters. The lowest BCUT2D eigenvalue weighted by Gasteiger charge is -2.24. The molecule has 0 bridgehead atoms. The topological polar surface area (TPSA) is 28.2 Å². The molecule has 3 heteroatoms. The largest absolute Gasteiger partial charge is 0.370 e. The van der Waals surface area contributed by atoms with Crippen LogP contribution in [0.3, 0.4) is 0 Å². The van der Waals surface area contributed by atoms with Crippen molar-refractivity contribution in [1.82, 2.24) is 9.88 Å². The second-order valence-corrected chi connectivity index (χ2v) is 4.70. The molecule has 1 aromatic heterocycles. The SMILES string of the molecule is CCCN1CCC[C@H]1c1ccc(NCC)nc1. The van der Waals surface area contributed by atoms with Crippen molar-refractivity contribution in [3.05, 3.63) is 23.9 Å². The van der Waals surface area contributed by atoms with E-state index in [-0.39, 0.29) is 0 Å². The van der Waals surface area contributed by atoms with Crippen molar-refractivity contribution in [2.45, 2.75) is 39.2 Å². The van der Waals surface area contributed by atoms with E-state index in [0.717, 1.165) is 12.4 Å². The Hall–Kier alpha value is -1.09. The molecule has 1 aliphatic heterocycles. The molecule has 0 radical (unpaired) electrons. The number of rotatable bonds is 5. The molecule has 1 N–H and O–H groups in total. The van der Waals surface area contributed by atoms with Gasteiger partial charge < -0.3 is 5.32 Å². The lowest BCUT2D eigenvalue weighted by molar-refractivity contribution is 0.257. The van der Waals surface area contributed by atoms with Crippen molar-refractivity contribution in [3.8, 4) is 0 Å². The number of nitrogens with zero attached hydrogens (tertiary/aromatic N) is 2. The van der Waals surface area contributed by atoms with E-state index in [1.165, 1.54) is 37.9 Å². The second-order valence-electron chi connectivity index (χ2n) is 4.70. The van der Waals surface area contributed by atoms with Crippen LogP contribution in [0, 0.1) is 0 Å². The number of pyridine rings is 1. The van der Waals surface area contributed by atoms with Crippen LogP contribution < -0.4 is 5.32 Å². The minimum absolute atomic E-state index is 0.595. The summed E-state index contributed by atoms with van der Waals surface area (Å²) >= 11 is 0. The molecule has 1 aromatic rings. The maximum Gasteiger partial charge on any atom is 0.125 e. The number of hydrogen-bond donors (Lipinski definition) is 1. The molecular weight excluding hydrogens is 210 g/mol. The Kier molecular flexibility index (Phi) is 4.37. The minimum Gasteiger partial charge on any atom is -0.370 e. The van der Waals surface area contributed by atoms with Crippen molar-refractivity contribution >= 4 is 5.82 Å². The van der Waals surface area contributed by atoms with Crippen molar-refractivity contribution in [1.29, 1.82) is 0 Å². The Morgan fingerprint density at radius 1 is 1.41 bits per heavy atom. The summed E-state index contributed by atoms with van der Waals surface area (Å²) in [6.45, 7) is 7.72. The van der Waals surface area contributed by atoms with Gasteiger partial charge in [0.25, 0.3) is 0 Å². The molecule has 0 aromatic carbocycles. The Labute approximate surface area is 104 Å². The fourth-order valence-corrected chi connectivity index (χ4v) is 2.65. The van der Waals surface area contributed by atoms with Crippen molar-refractivity contribution in [2.24, 2.45) is 0 Å². The third-order valence-electron chi connectivity index (χ3n) is 3.40. The normalized spacial score (nSPS) is 20.7. The van der Waals surface area contributed by atoms with Crippen LogP contribution in [0.25, 0.3) is 0 Å². The zero-order valence-electron chi connectivity index (χ0n) is 10.9. The number of hydrogen-bond acceptors (Lipinski definition) is 3. The van der Waals surface area contributed by atoms with Gasteiger partial charge in [0.15, 0.2) is 0 Å². The molecule has 0 aliphatic carbocycles. The first-order valence-electron chi connectivity index (χ1n) is 6.79. The fourth-order valence-electron chi connectivity index (χ4n) is 2.65. The van der Waals surface area contributed by atoms with Gasteiger partial charge in [-0.05, 0) is 50.9 Å². The quantitative estimate of drug-likeness (QED) is 0.847. The second kappa shape index (κ2) is 6.01. The van der Waals surface area contributed by atoms with E-state index in [4.69, 9.17) is 0 Å². The fraction of sp³-hybridized carbons (Fsp3) is 0.643. The van der Waals surface area contributed by atoms with E-state index < -0.39 is 0 Å². The van der Waals surface area contributed by atoms with Gasteiger partial charge in [-0.2, -0.15) is 0 Å². The predicted molar refractivity (Wildman–Crippen MR) is 72.2 cm³/mol. The molecule has 1 saturated heterocycles. The highest BCUT2D eigenvalue weighted by molar-refractivity contribution is 5.36. The molecule has 1 aliphatic rings. The third-order valence-corrected chi connectivity index (χ3v) is 3.40. The monoisotopic (exact) mass is 233 g/mol. The van der Waals surface area contributed by atoms with Gasteiger partial charge in [0.05, 0.1) is 0 Å². The smallest absolute Gasteiger partial charge is 0.125 e. The summed E-state index contributed by atoms with van der Waals surface area (Å²) in [5.74, 6) is 0.983. The first-order valence-corrected chi connectivity index (χ1v) is 6.79. The summed E-state index contributed by atoms with van der Waals surface area (Å²) in [7, 11) is 0. The number of likely N-dealkylation sites (tertiary alicyclic amines) is 1. The third kappa shape index (κ3) is 2.97. The van der Waals surface area contributed by atoms with Crippen molar-refractivity contribution < 1.29 is 0 Å². The van der Waals surface area contributed by atoms with Gasteiger partial charge in [0, 0.05) is 18.8 Å². The standard InChI is InChI=1S/C14H23N3/c1-3-9-17-10-5-6-13(17)12-7-8-14(15-4-2)16-11-12/h7-8,11,13H,3-6,9-10H2,1-2H3,(H,15,16)/t13-/m0/s1. The first-order chi connectivity index (χ1) is 8.35. The summed E-state index contributed by atoms with van der Waals surface area (Å²) in [5, 5.41) is 3.24. The molecule has 17 heavy (non-hydrogen) atoms. The van der Waals surface area contributed by atoms with Gasteiger partial charge in [-0.25, -0.2) is 4.98 Å². The zero-order valence-corrected chi connectivity index (χ0v) is 10.9. The number of nitrogens with one attached hydrogen (secondary N) is 1. The van der Waals surface area contributed by atoms with Gasteiger partial charge in [0.1, 0.15) is 5.82 Å². The van der Waals surface area contributed by atoms with Crippen LogP contribution >= 0.6 is 0 Å². The Morgan fingerprint density at radius 3 is 2.94 bits per heavy atom. The van der Waals surface area contributed by atoms with Crippen molar-refractivity contribution in [3.63, 3.8) is 0 Å². The van der Waals surface area contributed by atoms with Gasteiger partial charge >= 0.3 is 0 Å². The summed E-state index contributed by atoms with van der Waals surface area (Å²) < 4.78 is 0. The van der Waals surface area contributed by atoms with E-state index in [2.05, 4.69) is 41.2 Å². The van der Waals surface area contributed by atoms with Crippen LogP contribution in [0.1, 0.15) is 44.7 Å². The van der Waals surface area contributed by atoms with Crippen LogP contribution in [0.5, 0.6) is 0 Å². The van der Waals surface area contributed by atoms with Crippen LogP contribution in [0.2, 0.25) is 0 Å².